The number of nitrogens with zero attached hydrogens (tertiary/aromatic N) is 4. The summed E-state index contributed by atoms with van der Waals surface area (Å²) < 4.78 is 1.97. The number of guanidine groups is 1. The Balaban J connectivity index is 0.00000225. The number of allylic oxidation sites excluding steroid dienone is 1. The molecule has 0 aliphatic heterocycles. The second kappa shape index (κ2) is 10.4. The smallest absolute Gasteiger partial charge is 0.191 e. The average Bonchev–Trinajstić information content (AvgIpc) is 3.04. The maximum atomic E-state index is 4.64. The second-order valence-electron chi connectivity index (χ2n) is 6.03. The van der Waals surface area contributed by atoms with Gasteiger partial charge in [-0.25, -0.2) is 4.99 Å². The number of fused-ring (bicyclic) bond motifs is 1. The van der Waals surface area contributed by atoms with Crippen LogP contribution < -0.4 is 10.6 Å². The first-order chi connectivity index (χ1) is 11.9. The van der Waals surface area contributed by atoms with Gasteiger partial charge in [0.2, 0.25) is 0 Å². The third-order valence-corrected chi connectivity index (χ3v) is 4.23. The van der Waals surface area contributed by atoms with Crippen molar-refractivity contribution in [2.75, 3.05) is 13.1 Å². The van der Waals surface area contributed by atoms with E-state index in [1.165, 1.54) is 25.7 Å². The van der Waals surface area contributed by atoms with Crippen molar-refractivity contribution in [3.63, 3.8) is 0 Å². The van der Waals surface area contributed by atoms with Gasteiger partial charge in [-0.3, -0.25) is 4.40 Å². The molecule has 0 spiro atoms. The van der Waals surface area contributed by atoms with Gasteiger partial charge < -0.3 is 10.6 Å². The molecule has 1 aliphatic carbocycles. The van der Waals surface area contributed by atoms with Crippen LogP contribution in [0.25, 0.3) is 5.65 Å². The topological polar surface area (TPSA) is 66.6 Å². The SMILES string of the molecule is CCNC(=NCc1nnc2ccccn12)NCCC1=CCCCC1.I. The molecule has 3 rings (SSSR count). The summed E-state index contributed by atoms with van der Waals surface area (Å²) in [4.78, 5) is 4.64. The minimum Gasteiger partial charge on any atom is -0.357 e. The van der Waals surface area contributed by atoms with E-state index in [9.17, 15) is 0 Å². The van der Waals surface area contributed by atoms with E-state index in [1.807, 2.05) is 28.8 Å². The lowest BCUT2D eigenvalue weighted by Crippen LogP contribution is -2.38. The number of hydrogen-bond acceptors (Lipinski definition) is 3. The summed E-state index contributed by atoms with van der Waals surface area (Å²) in [6, 6.07) is 5.88. The molecule has 0 atom stereocenters. The Morgan fingerprint density at radius 2 is 2.16 bits per heavy atom. The van der Waals surface area contributed by atoms with Crippen molar-refractivity contribution >= 4 is 35.6 Å². The molecule has 1 aliphatic rings. The minimum absolute atomic E-state index is 0. The van der Waals surface area contributed by atoms with E-state index in [2.05, 4.69) is 38.8 Å². The molecule has 0 fully saturated rings. The molecule has 0 bridgehead atoms. The fourth-order valence-corrected chi connectivity index (χ4v) is 2.96. The zero-order valence-corrected chi connectivity index (χ0v) is 17.1. The zero-order valence-electron chi connectivity index (χ0n) is 14.7. The average molecular weight is 454 g/mol. The molecule has 2 aromatic rings. The fraction of sp³-hybridized carbons (Fsp3) is 0.500. The van der Waals surface area contributed by atoms with Crippen LogP contribution in [-0.4, -0.2) is 33.6 Å². The molecule has 2 aromatic heterocycles. The van der Waals surface area contributed by atoms with Gasteiger partial charge in [-0.05, 0) is 51.2 Å². The minimum atomic E-state index is 0. The number of nitrogens with one attached hydrogen (secondary N) is 2. The Labute approximate surface area is 166 Å². The number of aliphatic imine (C=N–C) groups is 1. The molecule has 0 unspecified atom stereocenters. The molecule has 0 amide bonds. The van der Waals surface area contributed by atoms with Crippen molar-refractivity contribution in [1.82, 2.24) is 25.2 Å². The van der Waals surface area contributed by atoms with Crippen LogP contribution in [0.2, 0.25) is 0 Å². The van der Waals surface area contributed by atoms with E-state index in [4.69, 9.17) is 0 Å². The van der Waals surface area contributed by atoms with Gasteiger partial charge in [-0.15, -0.1) is 34.2 Å². The van der Waals surface area contributed by atoms with Crippen LogP contribution in [0.4, 0.5) is 0 Å². The summed E-state index contributed by atoms with van der Waals surface area (Å²) in [5.74, 6) is 1.68. The van der Waals surface area contributed by atoms with Crippen LogP contribution in [-0.2, 0) is 6.54 Å². The van der Waals surface area contributed by atoms with Gasteiger partial charge in [0.05, 0.1) is 0 Å². The summed E-state index contributed by atoms with van der Waals surface area (Å²) in [6.45, 7) is 4.34. The molecule has 0 saturated heterocycles. The van der Waals surface area contributed by atoms with E-state index in [0.29, 0.717) is 6.54 Å². The van der Waals surface area contributed by atoms with E-state index >= 15 is 0 Å². The standard InChI is InChI=1S/C18H26N6.HI/c1-2-19-18(20-12-11-15-8-4-3-5-9-15)21-14-17-23-22-16-10-6-7-13-24(16)17;/h6-8,10,13H,2-5,9,11-12,14H2,1H3,(H2,19,20,21);1H. The van der Waals surface area contributed by atoms with E-state index in [-0.39, 0.29) is 24.0 Å². The largest absolute Gasteiger partial charge is 0.357 e. The molecule has 0 saturated carbocycles. The van der Waals surface area contributed by atoms with Crippen molar-refractivity contribution in [3.05, 3.63) is 41.9 Å². The Morgan fingerprint density at radius 3 is 2.96 bits per heavy atom. The number of pyridine rings is 1. The first-order valence-electron chi connectivity index (χ1n) is 8.85. The summed E-state index contributed by atoms with van der Waals surface area (Å²) >= 11 is 0. The van der Waals surface area contributed by atoms with Crippen molar-refractivity contribution in [3.8, 4) is 0 Å². The van der Waals surface area contributed by atoms with Crippen molar-refractivity contribution < 1.29 is 0 Å². The van der Waals surface area contributed by atoms with Crippen molar-refractivity contribution in [2.45, 2.75) is 45.6 Å². The van der Waals surface area contributed by atoms with Crippen LogP contribution in [0.15, 0.2) is 41.0 Å². The Kier molecular flexibility index (Phi) is 8.17. The molecule has 2 heterocycles. The van der Waals surface area contributed by atoms with Gasteiger partial charge >= 0.3 is 0 Å². The predicted molar refractivity (Wildman–Crippen MR) is 112 cm³/mol. The first kappa shape index (κ1) is 19.7. The highest BCUT2D eigenvalue weighted by atomic mass is 127. The summed E-state index contributed by atoms with van der Waals surface area (Å²) in [5, 5.41) is 15.1. The van der Waals surface area contributed by atoms with E-state index in [1.54, 1.807) is 5.57 Å². The lowest BCUT2D eigenvalue weighted by Gasteiger charge is -2.15. The lowest BCUT2D eigenvalue weighted by molar-refractivity contribution is 0.665. The number of hydrogen-bond donors (Lipinski definition) is 2. The molecule has 7 heteroatoms. The Bertz CT molecular complexity index is 721. The quantitative estimate of drug-likeness (QED) is 0.304. The molecular weight excluding hydrogens is 427 g/mol. The highest BCUT2D eigenvalue weighted by Crippen LogP contribution is 2.19. The van der Waals surface area contributed by atoms with Gasteiger partial charge in [0.25, 0.3) is 0 Å². The number of halogens is 1. The van der Waals surface area contributed by atoms with Crippen LogP contribution in [0, 0.1) is 0 Å². The summed E-state index contributed by atoms with van der Waals surface area (Å²) in [6.07, 6.45) is 10.6. The monoisotopic (exact) mass is 454 g/mol. The van der Waals surface area contributed by atoms with Crippen molar-refractivity contribution in [1.29, 1.82) is 0 Å². The second-order valence-corrected chi connectivity index (χ2v) is 6.03. The highest BCUT2D eigenvalue weighted by molar-refractivity contribution is 14.0. The fourth-order valence-electron chi connectivity index (χ4n) is 2.96. The number of aromatic nitrogens is 3. The highest BCUT2D eigenvalue weighted by Gasteiger charge is 2.06. The van der Waals surface area contributed by atoms with Gasteiger partial charge in [0.1, 0.15) is 6.54 Å². The maximum absolute atomic E-state index is 4.64. The van der Waals surface area contributed by atoms with Gasteiger partial charge in [0, 0.05) is 19.3 Å². The normalized spacial score (nSPS) is 14.8. The zero-order chi connectivity index (χ0) is 16.6. The van der Waals surface area contributed by atoms with Crippen molar-refractivity contribution in [2.24, 2.45) is 4.99 Å². The van der Waals surface area contributed by atoms with Crippen LogP contribution in [0.1, 0.15) is 44.9 Å². The first-order valence-corrected chi connectivity index (χ1v) is 8.85. The van der Waals surface area contributed by atoms with Gasteiger partial charge in [-0.1, -0.05) is 17.7 Å². The third kappa shape index (κ3) is 5.69. The molecule has 25 heavy (non-hydrogen) atoms. The molecule has 136 valence electrons. The van der Waals surface area contributed by atoms with E-state index in [0.717, 1.165) is 36.9 Å². The predicted octanol–water partition coefficient (Wildman–Crippen LogP) is 3.29. The third-order valence-electron chi connectivity index (χ3n) is 4.23. The molecule has 2 N–H and O–H groups in total. The van der Waals surface area contributed by atoms with Crippen LogP contribution in [0.5, 0.6) is 0 Å². The molecular formula is C18H27IN6. The van der Waals surface area contributed by atoms with Gasteiger partial charge in [0.15, 0.2) is 17.4 Å². The number of rotatable bonds is 6. The molecule has 0 radical (unpaired) electrons. The Hall–Kier alpha value is -1.64. The summed E-state index contributed by atoms with van der Waals surface area (Å²) in [5.41, 5.74) is 2.43. The van der Waals surface area contributed by atoms with Crippen LogP contribution >= 0.6 is 24.0 Å². The lowest BCUT2D eigenvalue weighted by atomic mass is 9.97. The Morgan fingerprint density at radius 1 is 1.24 bits per heavy atom. The van der Waals surface area contributed by atoms with Crippen LogP contribution in [0.3, 0.4) is 0 Å². The summed E-state index contributed by atoms with van der Waals surface area (Å²) in [7, 11) is 0. The van der Waals surface area contributed by atoms with Gasteiger partial charge in [-0.2, -0.15) is 0 Å². The molecule has 6 nitrogen and oxygen atoms in total. The van der Waals surface area contributed by atoms with E-state index < -0.39 is 0 Å². The molecule has 0 aromatic carbocycles. The maximum Gasteiger partial charge on any atom is 0.191 e.